The molecule has 4 nitrogen and oxygen atoms in total. The van der Waals surface area contributed by atoms with E-state index in [2.05, 4.69) is 37.4 Å². The van der Waals surface area contributed by atoms with Crippen LogP contribution in [0.3, 0.4) is 0 Å². The van der Waals surface area contributed by atoms with Crippen LogP contribution in [-0.2, 0) is 0 Å². The van der Waals surface area contributed by atoms with Gasteiger partial charge in [-0.3, -0.25) is 5.43 Å². The SMILES string of the molecule is CC(C)=CCC[C@@H](C)C/C=N\Nc1ccc(C(=O)O)cc1. The average molecular weight is 288 g/mol. The molecule has 0 aliphatic heterocycles. The van der Waals surface area contributed by atoms with Crippen molar-refractivity contribution in [3.63, 3.8) is 0 Å². The minimum absolute atomic E-state index is 0.275. The fraction of sp³-hybridized carbons (Fsp3) is 0.412. The highest BCUT2D eigenvalue weighted by molar-refractivity contribution is 5.88. The second-order valence-electron chi connectivity index (χ2n) is 5.51. The summed E-state index contributed by atoms with van der Waals surface area (Å²) in [5.41, 5.74) is 5.33. The summed E-state index contributed by atoms with van der Waals surface area (Å²) in [6, 6.07) is 6.53. The molecule has 4 heteroatoms. The van der Waals surface area contributed by atoms with Crippen LogP contribution in [0.1, 0.15) is 50.4 Å². The Morgan fingerprint density at radius 3 is 2.57 bits per heavy atom. The lowest BCUT2D eigenvalue weighted by Gasteiger charge is -2.06. The Labute approximate surface area is 126 Å². The summed E-state index contributed by atoms with van der Waals surface area (Å²) in [7, 11) is 0. The molecule has 1 atom stereocenters. The Kier molecular flexibility index (Phi) is 7.23. The summed E-state index contributed by atoms with van der Waals surface area (Å²) in [5.74, 6) is -0.323. The molecule has 2 N–H and O–H groups in total. The van der Waals surface area contributed by atoms with Gasteiger partial charge in [0.1, 0.15) is 0 Å². The van der Waals surface area contributed by atoms with Crippen molar-refractivity contribution in [1.82, 2.24) is 0 Å². The van der Waals surface area contributed by atoms with Crippen LogP contribution in [0.4, 0.5) is 5.69 Å². The second-order valence-corrected chi connectivity index (χ2v) is 5.51. The van der Waals surface area contributed by atoms with Gasteiger partial charge in [-0.1, -0.05) is 18.6 Å². The van der Waals surface area contributed by atoms with Gasteiger partial charge in [-0.25, -0.2) is 4.79 Å². The van der Waals surface area contributed by atoms with E-state index in [4.69, 9.17) is 5.11 Å². The van der Waals surface area contributed by atoms with Crippen molar-refractivity contribution in [2.45, 2.75) is 40.0 Å². The van der Waals surface area contributed by atoms with Crippen LogP contribution in [0.5, 0.6) is 0 Å². The van der Waals surface area contributed by atoms with Crippen molar-refractivity contribution in [3.8, 4) is 0 Å². The molecule has 0 bridgehead atoms. The third-order valence-corrected chi connectivity index (χ3v) is 3.14. The summed E-state index contributed by atoms with van der Waals surface area (Å²) in [4.78, 5) is 10.7. The first-order valence-electron chi connectivity index (χ1n) is 7.23. The summed E-state index contributed by atoms with van der Waals surface area (Å²) in [6.45, 7) is 6.45. The van der Waals surface area contributed by atoms with Crippen molar-refractivity contribution in [2.75, 3.05) is 5.43 Å². The van der Waals surface area contributed by atoms with Crippen molar-refractivity contribution < 1.29 is 9.90 Å². The smallest absolute Gasteiger partial charge is 0.335 e. The normalized spacial score (nSPS) is 12.1. The summed E-state index contributed by atoms with van der Waals surface area (Å²) >= 11 is 0. The number of hydrogen-bond acceptors (Lipinski definition) is 3. The van der Waals surface area contributed by atoms with Gasteiger partial charge >= 0.3 is 5.97 Å². The number of carbonyl (C=O) groups is 1. The maximum atomic E-state index is 10.7. The van der Waals surface area contributed by atoms with E-state index >= 15 is 0 Å². The molecule has 1 aromatic rings. The summed E-state index contributed by atoms with van der Waals surface area (Å²) in [6.07, 6.45) is 7.33. The van der Waals surface area contributed by atoms with Crippen LogP contribution in [0.25, 0.3) is 0 Å². The predicted molar refractivity (Wildman–Crippen MR) is 88.0 cm³/mol. The molecule has 0 saturated carbocycles. The summed E-state index contributed by atoms with van der Waals surface area (Å²) < 4.78 is 0. The molecule has 0 saturated heterocycles. The minimum atomic E-state index is -0.921. The van der Waals surface area contributed by atoms with E-state index in [1.165, 1.54) is 5.57 Å². The number of allylic oxidation sites excluding steroid dienone is 2. The number of carboxylic acids is 1. The van der Waals surface area contributed by atoms with E-state index in [-0.39, 0.29) is 5.56 Å². The quantitative estimate of drug-likeness (QED) is 0.419. The average Bonchev–Trinajstić information content (AvgIpc) is 2.43. The van der Waals surface area contributed by atoms with E-state index in [0.29, 0.717) is 5.92 Å². The number of nitrogens with zero attached hydrogens (tertiary/aromatic N) is 1. The molecular formula is C17H24N2O2. The molecule has 0 fully saturated rings. The van der Waals surface area contributed by atoms with E-state index < -0.39 is 5.97 Å². The zero-order valence-corrected chi connectivity index (χ0v) is 13.0. The fourth-order valence-electron chi connectivity index (χ4n) is 1.81. The maximum Gasteiger partial charge on any atom is 0.335 e. The first-order valence-corrected chi connectivity index (χ1v) is 7.23. The van der Waals surface area contributed by atoms with Gasteiger partial charge in [-0.05, 0) is 63.3 Å². The number of nitrogens with one attached hydrogen (secondary N) is 1. The van der Waals surface area contributed by atoms with Gasteiger partial charge in [-0.15, -0.1) is 0 Å². The van der Waals surface area contributed by atoms with Crippen LogP contribution < -0.4 is 5.43 Å². The number of carboxylic acid groups (broad SMARTS) is 1. The molecule has 1 rings (SSSR count). The Balaban J connectivity index is 2.31. The molecule has 0 heterocycles. The van der Waals surface area contributed by atoms with Gasteiger partial charge in [0.05, 0.1) is 11.3 Å². The molecule has 21 heavy (non-hydrogen) atoms. The van der Waals surface area contributed by atoms with Gasteiger partial charge in [0.15, 0.2) is 0 Å². The first kappa shape index (κ1) is 17.0. The van der Waals surface area contributed by atoms with Gasteiger partial charge in [-0.2, -0.15) is 5.10 Å². The van der Waals surface area contributed by atoms with E-state index in [1.54, 1.807) is 24.3 Å². The Morgan fingerprint density at radius 1 is 1.33 bits per heavy atom. The van der Waals surface area contributed by atoms with Crippen molar-refractivity contribution >= 4 is 17.9 Å². The Bertz CT molecular complexity index is 500. The van der Waals surface area contributed by atoms with Crippen LogP contribution in [0, 0.1) is 5.92 Å². The molecule has 0 amide bonds. The lowest BCUT2D eigenvalue weighted by molar-refractivity contribution is 0.0697. The number of benzene rings is 1. The van der Waals surface area contributed by atoms with Gasteiger partial charge < -0.3 is 5.11 Å². The predicted octanol–water partition coefficient (Wildman–Crippen LogP) is 4.56. The number of hydrazone groups is 1. The van der Waals surface area contributed by atoms with Crippen LogP contribution in [-0.4, -0.2) is 17.3 Å². The number of rotatable bonds is 8. The maximum absolute atomic E-state index is 10.7. The van der Waals surface area contributed by atoms with E-state index in [9.17, 15) is 4.79 Å². The topological polar surface area (TPSA) is 61.7 Å². The summed E-state index contributed by atoms with van der Waals surface area (Å²) in [5, 5.41) is 13.0. The monoisotopic (exact) mass is 288 g/mol. The molecular weight excluding hydrogens is 264 g/mol. The number of anilines is 1. The van der Waals surface area contributed by atoms with Crippen molar-refractivity contribution in [2.24, 2.45) is 11.0 Å². The molecule has 0 aromatic heterocycles. The highest BCUT2D eigenvalue weighted by atomic mass is 16.4. The molecule has 1 aromatic carbocycles. The second kappa shape index (κ2) is 8.95. The van der Waals surface area contributed by atoms with E-state index in [0.717, 1.165) is 24.9 Å². The standard InChI is InChI=1S/C17H24N2O2/c1-13(2)5-4-6-14(3)11-12-18-19-16-9-7-15(8-10-16)17(20)21/h5,7-10,12,14,19H,4,6,11H2,1-3H3,(H,20,21)/b18-12-/t14-/m1/s1. The molecule has 0 aliphatic rings. The zero-order chi connectivity index (χ0) is 15.7. The molecule has 0 aliphatic carbocycles. The highest BCUT2D eigenvalue weighted by Gasteiger charge is 2.01. The van der Waals surface area contributed by atoms with Gasteiger partial charge in [0.25, 0.3) is 0 Å². The molecule has 0 unspecified atom stereocenters. The molecule has 114 valence electrons. The van der Waals surface area contributed by atoms with Crippen LogP contribution in [0.2, 0.25) is 0 Å². The van der Waals surface area contributed by atoms with Crippen molar-refractivity contribution in [3.05, 3.63) is 41.5 Å². The number of hydrogen-bond donors (Lipinski definition) is 2. The first-order chi connectivity index (χ1) is 9.99. The third-order valence-electron chi connectivity index (χ3n) is 3.14. The third kappa shape index (κ3) is 7.30. The fourth-order valence-corrected chi connectivity index (χ4v) is 1.81. The van der Waals surface area contributed by atoms with Gasteiger partial charge in [0.2, 0.25) is 0 Å². The van der Waals surface area contributed by atoms with Crippen LogP contribution >= 0.6 is 0 Å². The van der Waals surface area contributed by atoms with E-state index in [1.807, 2.05) is 6.21 Å². The van der Waals surface area contributed by atoms with Gasteiger partial charge in [0, 0.05) is 6.21 Å². The minimum Gasteiger partial charge on any atom is -0.478 e. The lowest BCUT2D eigenvalue weighted by atomic mass is 10.0. The zero-order valence-electron chi connectivity index (χ0n) is 13.0. The van der Waals surface area contributed by atoms with Crippen molar-refractivity contribution in [1.29, 1.82) is 0 Å². The molecule has 0 radical (unpaired) electrons. The lowest BCUT2D eigenvalue weighted by Crippen LogP contribution is -1.98. The number of aromatic carboxylic acids is 1. The highest BCUT2D eigenvalue weighted by Crippen LogP contribution is 2.11. The van der Waals surface area contributed by atoms with Crippen LogP contribution in [0.15, 0.2) is 41.0 Å². The molecule has 0 spiro atoms. The Hall–Kier alpha value is -2.10. The Morgan fingerprint density at radius 2 is 2.00 bits per heavy atom. The largest absolute Gasteiger partial charge is 0.478 e.